The minimum Gasteiger partial charge on any atom is -0.492 e. The summed E-state index contributed by atoms with van der Waals surface area (Å²) in [7, 11) is 0. The van der Waals surface area contributed by atoms with Crippen LogP contribution in [0.4, 0.5) is 0 Å². The van der Waals surface area contributed by atoms with E-state index in [-0.39, 0.29) is 5.56 Å². The summed E-state index contributed by atoms with van der Waals surface area (Å²) < 4.78 is 7.67. The average Bonchev–Trinajstić information content (AvgIpc) is 2.61. The molecule has 4 nitrogen and oxygen atoms in total. The molecule has 0 aliphatic carbocycles. The fourth-order valence-electron chi connectivity index (χ4n) is 2.84. The lowest BCUT2D eigenvalue weighted by molar-refractivity contribution is 0.339. The summed E-state index contributed by atoms with van der Waals surface area (Å²) in [5.41, 5.74) is 3.04. The first-order valence-electron chi connectivity index (χ1n) is 8.43. The number of para-hydroxylation sites is 2. The van der Waals surface area contributed by atoms with E-state index < -0.39 is 0 Å². The standard InChI is InChI=1S/C20H22N2O2S/c1-4-22-19(23)16-10-5-6-11-17(16)21-20(22)25-13-12-24-18-14(2)8-7-9-15(18)3/h5-11H,4,12-13H2,1-3H3. The number of thioether (sulfide) groups is 1. The normalized spacial score (nSPS) is 11.0. The highest BCUT2D eigenvalue weighted by molar-refractivity contribution is 7.99. The molecule has 0 aliphatic rings. The summed E-state index contributed by atoms with van der Waals surface area (Å²) in [5, 5.41) is 1.41. The topological polar surface area (TPSA) is 44.1 Å². The van der Waals surface area contributed by atoms with Gasteiger partial charge in [-0.05, 0) is 44.0 Å². The van der Waals surface area contributed by atoms with Crippen molar-refractivity contribution in [2.45, 2.75) is 32.5 Å². The number of fused-ring (bicyclic) bond motifs is 1. The lowest BCUT2D eigenvalue weighted by atomic mass is 10.1. The van der Waals surface area contributed by atoms with Gasteiger partial charge in [-0.2, -0.15) is 0 Å². The second kappa shape index (κ2) is 7.74. The van der Waals surface area contributed by atoms with Crippen molar-refractivity contribution in [2.75, 3.05) is 12.4 Å². The maximum atomic E-state index is 12.6. The number of rotatable bonds is 6. The zero-order valence-corrected chi connectivity index (χ0v) is 15.6. The van der Waals surface area contributed by atoms with Gasteiger partial charge < -0.3 is 4.74 Å². The summed E-state index contributed by atoms with van der Waals surface area (Å²) in [5.74, 6) is 1.68. The van der Waals surface area contributed by atoms with Gasteiger partial charge in [-0.3, -0.25) is 9.36 Å². The quantitative estimate of drug-likeness (QED) is 0.378. The van der Waals surface area contributed by atoms with Gasteiger partial charge in [0.05, 0.1) is 17.5 Å². The van der Waals surface area contributed by atoms with Crippen molar-refractivity contribution in [3.8, 4) is 5.75 Å². The Labute approximate surface area is 151 Å². The maximum Gasteiger partial charge on any atom is 0.262 e. The Balaban J connectivity index is 1.74. The van der Waals surface area contributed by atoms with Gasteiger partial charge in [-0.1, -0.05) is 42.1 Å². The smallest absolute Gasteiger partial charge is 0.262 e. The highest BCUT2D eigenvalue weighted by atomic mass is 32.2. The van der Waals surface area contributed by atoms with Crippen LogP contribution >= 0.6 is 11.8 Å². The Bertz CT molecular complexity index is 930. The van der Waals surface area contributed by atoms with Crippen molar-refractivity contribution in [2.24, 2.45) is 0 Å². The molecule has 0 saturated heterocycles. The van der Waals surface area contributed by atoms with Crippen molar-refractivity contribution in [3.05, 3.63) is 63.9 Å². The zero-order chi connectivity index (χ0) is 17.8. The monoisotopic (exact) mass is 354 g/mol. The van der Waals surface area contributed by atoms with Crippen LogP contribution < -0.4 is 10.3 Å². The molecule has 0 fully saturated rings. The molecule has 0 atom stereocenters. The Kier molecular flexibility index (Phi) is 5.43. The number of aryl methyl sites for hydroxylation is 2. The van der Waals surface area contributed by atoms with Crippen LogP contribution in [-0.2, 0) is 6.54 Å². The van der Waals surface area contributed by atoms with Crippen molar-refractivity contribution in [3.63, 3.8) is 0 Å². The second-order valence-electron chi connectivity index (χ2n) is 5.88. The highest BCUT2D eigenvalue weighted by Crippen LogP contribution is 2.23. The molecule has 1 heterocycles. The van der Waals surface area contributed by atoms with Crippen molar-refractivity contribution >= 4 is 22.7 Å². The van der Waals surface area contributed by atoms with Gasteiger partial charge in [0.2, 0.25) is 0 Å². The lowest BCUT2D eigenvalue weighted by Gasteiger charge is -2.13. The molecule has 1 aromatic heterocycles. The van der Waals surface area contributed by atoms with Gasteiger partial charge in [-0.25, -0.2) is 4.98 Å². The molecule has 0 saturated carbocycles. The number of nitrogens with zero attached hydrogens (tertiary/aromatic N) is 2. The Morgan fingerprint density at radius 3 is 2.52 bits per heavy atom. The van der Waals surface area contributed by atoms with E-state index >= 15 is 0 Å². The summed E-state index contributed by atoms with van der Waals surface area (Å²) >= 11 is 1.56. The molecule has 0 bridgehead atoms. The molecular formula is C20H22N2O2S. The summed E-state index contributed by atoms with van der Waals surface area (Å²) in [6.07, 6.45) is 0. The van der Waals surface area contributed by atoms with Crippen molar-refractivity contribution in [1.29, 1.82) is 0 Å². The first kappa shape index (κ1) is 17.5. The SMILES string of the molecule is CCn1c(SCCOc2c(C)cccc2C)nc2ccccc2c1=O. The van der Waals surface area contributed by atoms with E-state index in [2.05, 4.69) is 31.0 Å². The van der Waals surface area contributed by atoms with E-state index in [9.17, 15) is 4.79 Å². The molecule has 3 rings (SSSR count). The van der Waals surface area contributed by atoms with Gasteiger partial charge >= 0.3 is 0 Å². The zero-order valence-electron chi connectivity index (χ0n) is 14.8. The molecule has 0 N–H and O–H groups in total. The highest BCUT2D eigenvalue weighted by Gasteiger charge is 2.10. The van der Waals surface area contributed by atoms with Gasteiger partial charge in [-0.15, -0.1) is 0 Å². The Hall–Kier alpha value is -2.27. The van der Waals surface area contributed by atoms with E-state index in [1.807, 2.05) is 37.3 Å². The number of ether oxygens (including phenoxy) is 1. The van der Waals surface area contributed by atoms with Crippen LogP contribution in [0.2, 0.25) is 0 Å². The summed E-state index contributed by atoms with van der Waals surface area (Å²) in [6, 6.07) is 13.6. The number of benzene rings is 2. The van der Waals surface area contributed by atoms with E-state index in [1.165, 1.54) is 0 Å². The molecule has 5 heteroatoms. The van der Waals surface area contributed by atoms with E-state index in [4.69, 9.17) is 4.74 Å². The van der Waals surface area contributed by atoms with Crippen LogP contribution in [0.25, 0.3) is 10.9 Å². The predicted octanol–water partition coefficient (Wildman–Crippen LogP) is 4.20. The van der Waals surface area contributed by atoms with Crippen molar-refractivity contribution < 1.29 is 4.74 Å². The molecule has 0 radical (unpaired) electrons. The molecule has 2 aromatic carbocycles. The molecule has 25 heavy (non-hydrogen) atoms. The van der Waals surface area contributed by atoms with Crippen LogP contribution in [0.15, 0.2) is 52.4 Å². The van der Waals surface area contributed by atoms with E-state index in [0.29, 0.717) is 18.5 Å². The fourth-order valence-corrected chi connectivity index (χ4v) is 3.72. The number of hydrogen-bond donors (Lipinski definition) is 0. The lowest BCUT2D eigenvalue weighted by Crippen LogP contribution is -2.22. The minimum absolute atomic E-state index is 0.0197. The van der Waals surface area contributed by atoms with Crippen LogP contribution in [0.3, 0.4) is 0 Å². The predicted molar refractivity (Wildman–Crippen MR) is 104 cm³/mol. The molecule has 3 aromatic rings. The molecule has 0 unspecified atom stereocenters. The van der Waals surface area contributed by atoms with Crippen LogP contribution in [0.5, 0.6) is 5.75 Å². The molecule has 0 spiro atoms. The third kappa shape index (κ3) is 3.71. The molecule has 0 amide bonds. The maximum absolute atomic E-state index is 12.6. The van der Waals surface area contributed by atoms with Gasteiger partial charge in [0.25, 0.3) is 5.56 Å². The third-order valence-corrected chi connectivity index (χ3v) is 5.05. The molecule has 130 valence electrons. The summed E-state index contributed by atoms with van der Waals surface area (Å²) in [6.45, 7) is 7.25. The van der Waals surface area contributed by atoms with Gasteiger partial charge in [0.1, 0.15) is 5.75 Å². The molecule has 0 aliphatic heterocycles. The average molecular weight is 354 g/mol. The third-order valence-electron chi connectivity index (χ3n) is 4.11. The van der Waals surface area contributed by atoms with E-state index in [0.717, 1.165) is 33.3 Å². The Morgan fingerprint density at radius 2 is 1.80 bits per heavy atom. The van der Waals surface area contributed by atoms with Gasteiger partial charge in [0.15, 0.2) is 5.16 Å². The molecular weight excluding hydrogens is 332 g/mol. The largest absolute Gasteiger partial charge is 0.492 e. The number of hydrogen-bond acceptors (Lipinski definition) is 4. The first-order valence-corrected chi connectivity index (χ1v) is 9.41. The van der Waals surface area contributed by atoms with E-state index in [1.54, 1.807) is 16.3 Å². The Morgan fingerprint density at radius 1 is 1.08 bits per heavy atom. The first-order chi connectivity index (χ1) is 12.1. The number of aromatic nitrogens is 2. The van der Waals surface area contributed by atoms with Crippen LogP contribution in [0, 0.1) is 13.8 Å². The fraction of sp³-hybridized carbons (Fsp3) is 0.300. The van der Waals surface area contributed by atoms with Crippen molar-refractivity contribution in [1.82, 2.24) is 9.55 Å². The summed E-state index contributed by atoms with van der Waals surface area (Å²) in [4.78, 5) is 17.3. The second-order valence-corrected chi connectivity index (χ2v) is 6.94. The minimum atomic E-state index is 0.0197. The van der Waals surface area contributed by atoms with Crippen LogP contribution in [0.1, 0.15) is 18.1 Å². The van der Waals surface area contributed by atoms with Gasteiger partial charge in [0, 0.05) is 12.3 Å². The van der Waals surface area contributed by atoms with Crippen LogP contribution in [-0.4, -0.2) is 21.9 Å².